The van der Waals surface area contributed by atoms with Crippen molar-refractivity contribution < 1.29 is 9.47 Å². The first-order valence-electron chi connectivity index (χ1n) is 11.0. The van der Waals surface area contributed by atoms with Crippen LogP contribution in [0.2, 0.25) is 0 Å². The highest BCUT2D eigenvalue weighted by Crippen LogP contribution is 2.38. The third-order valence-corrected chi connectivity index (χ3v) is 6.05. The Bertz CT molecular complexity index is 1040. The van der Waals surface area contributed by atoms with E-state index in [1.54, 1.807) is 0 Å². The second-order valence-corrected chi connectivity index (χ2v) is 8.35. The Morgan fingerprint density at radius 1 is 1.13 bits per heavy atom. The van der Waals surface area contributed by atoms with Gasteiger partial charge >= 0.3 is 0 Å². The molecule has 30 heavy (non-hydrogen) atoms. The number of hydrogen-bond donors (Lipinski definition) is 2. The van der Waals surface area contributed by atoms with Gasteiger partial charge in [-0.15, -0.1) is 0 Å². The number of nitrogens with zero attached hydrogens (tertiary/aromatic N) is 1. The van der Waals surface area contributed by atoms with E-state index in [0.717, 1.165) is 47.6 Å². The number of ether oxygens (including phenoxy) is 2. The van der Waals surface area contributed by atoms with Gasteiger partial charge in [0.15, 0.2) is 11.5 Å². The number of benzene rings is 2. The molecule has 5 rings (SSSR count). The molecule has 2 unspecified atom stereocenters. The number of pyridine rings is 1. The van der Waals surface area contributed by atoms with Gasteiger partial charge < -0.3 is 20.1 Å². The first-order chi connectivity index (χ1) is 14.8. The summed E-state index contributed by atoms with van der Waals surface area (Å²) in [7, 11) is 0. The Hall–Kier alpha value is -2.79. The third-order valence-electron chi connectivity index (χ3n) is 6.05. The summed E-state index contributed by atoms with van der Waals surface area (Å²) in [6.45, 7) is 4.36. The minimum atomic E-state index is 0.0177. The van der Waals surface area contributed by atoms with Gasteiger partial charge in [0.2, 0.25) is 0 Å². The van der Waals surface area contributed by atoms with Crippen LogP contribution in [0.15, 0.2) is 48.5 Å². The number of fused-ring (bicyclic) bond motifs is 4. The van der Waals surface area contributed by atoms with E-state index in [2.05, 4.69) is 45.9 Å². The highest BCUT2D eigenvalue weighted by Gasteiger charge is 2.23. The average Bonchev–Trinajstić information content (AvgIpc) is 2.78. The molecule has 0 saturated carbocycles. The normalized spacial score (nSPS) is 19.9. The first-order valence-corrected chi connectivity index (χ1v) is 11.0. The Balaban J connectivity index is 1.09. The van der Waals surface area contributed by atoms with Crippen molar-refractivity contribution in [3.63, 3.8) is 0 Å². The Morgan fingerprint density at radius 2 is 2.07 bits per heavy atom. The second kappa shape index (κ2) is 8.52. The summed E-state index contributed by atoms with van der Waals surface area (Å²) in [5, 5.41) is 8.26. The zero-order valence-electron chi connectivity index (χ0n) is 17.5. The smallest absolute Gasteiger partial charge is 0.171 e. The minimum Gasteiger partial charge on any atom is -0.486 e. The lowest BCUT2D eigenvalue weighted by Crippen LogP contribution is -2.39. The van der Waals surface area contributed by atoms with Gasteiger partial charge in [0, 0.05) is 29.4 Å². The molecule has 3 heterocycles. The number of para-hydroxylation sites is 1. The molecule has 2 N–H and O–H groups in total. The maximum Gasteiger partial charge on any atom is 0.171 e. The number of hydrogen-bond acceptors (Lipinski definition) is 5. The highest BCUT2D eigenvalue weighted by molar-refractivity contribution is 5.88. The summed E-state index contributed by atoms with van der Waals surface area (Å²) >= 11 is 0. The van der Waals surface area contributed by atoms with Crippen molar-refractivity contribution in [2.45, 2.75) is 44.8 Å². The Kier molecular flexibility index (Phi) is 5.45. The molecule has 0 fully saturated rings. The second-order valence-electron chi connectivity index (χ2n) is 8.35. The quantitative estimate of drug-likeness (QED) is 0.595. The largest absolute Gasteiger partial charge is 0.486 e. The summed E-state index contributed by atoms with van der Waals surface area (Å²) in [6, 6.07) is 17.3. The van der Waals surface area contributed by atoms with Crippen LogP contribution >= 0.6 is 0 Å². The van der Waals surface area contributed by atoms with E-state index in [9.17, 15) is 0 Å². The SMILES string of the molecule is Cc1ccc2c3c(ccc2n1)OCC(CNCCCC1CCc2ccccc2N1)O3. The molecule has 0 aliphatic carbocycles. The maximum atomic E-state index is 6.28. The predicted molar refractivity (Wildman–Crippen MR) is 121 cm³/mol. The number of nitrogens with one attached hydrogen (secondary N) is 2. The molecule has 1 aromatic heterocycles. The fourth-order valence-corrected chi connectivity index (χ4v) is 4.43. The minimum absolute atomic E-state index is 0.0177. The highest BCUT2D eigenvalue weighted by atomic mass is 16.6. The Labute approximate surface area is 177 Å². The Morgan fingerprint density at radius 3 is 3.03 bits per heavy atom. The summed E-state index contributed by atoms with van der Waals surface area (Å²) in [4.78, 5) is 4.60. The van der Waals surface area contributed by atoms with E-state index >= 15 is 0 Å². The van der Waals surface area contributed by atoms with Crippen molar-refractivity contribution in [1.82, 2.24) is 10.3 Å². The van der Waals surface area contributed by atoms with Gasteiger partial charge in [-0.25, -0.2) is 0 Å². The van der Waals surface area contributed by atoms with Crippen LogP contribution in [-0.2, 0) is 6.42 Å². The van der Waals surface area contributed by atoms with Gasteiger partial charge in [-0.3, -0.25) is 4.98 Å². The van der Waals surface area contributed by atoms with E-state index in [-0.39, 0.29) is 6.10 Å². The molecule has 2 aliphatic heterocycles. The van der Waals surface area contributed by atoms with Crippen molar-refractivity contribution in [1.29, 1.82) is 0 Å². The predicted octanol–water partition coefficient (Wildman–Crippen LogP) is 4.48. The van der Waals surface area contributed by atoms with Gasteiger partial charge in [0.05, 0.1) is 5.52 Å². The topological polar surface area (TPSA) is 55.4 Å². The van der Waals surface area contributed by atoms with E-state index < -0.39 is 0 Å². The van der Waals surface area contributed by atoms with E-state index in [1.165, 1.54) is 30.5 Å². The van der Waals surface area contributed by atoms with Gasteiger partial charge in [0.25, 0.3) is 0 Å². The molecule has 0 amide bonds. The number of aryl methyl sites for hydroxylation is 2. The monoisotopic (exact) mass is 403 g/mol. The van der Waals surface area contributed by atoms with E-state index in [4.69, 9.17) is 9.47 Å². The molecule has 5 heteroatoms. The molecular weight excluding hydrogens is 374 g/mol. The number of anilines is 1. The van der Waals surface area contributed by atoms with Gasteiger partial charge in [-0.05, 0) is 75.0 Å². The molecule has 3 aromatic rings. The summed E-state index contributed by atoms with van der Waals surface area (Å²) in [6.07, 6.45) is 4.74. The molecule has 0 radical (unpaired) electrons. The first kappa shape index (κ1) is 19.2. The lowest BCUT2D eigenvalue weighted by Gasteiger charge is -2.28. The van der Waals surface area contributed by atoms with E-state index in [1.807, 2.05) is 25.1 Å². The molecule has 2 aliphatic rings. The zero-order chi connectivity index (χ0) is 20.3. The maximum absolute atomic E-state index is 6.28. The van der Waals surface area contributed by atoms with Crippen molar-refractivity contribution >= 4 is 16.6 Å². The lowest BCUT2D eigenvalue weighted by atomic mass is 9.95. The molecule has 0 bridgehead atoms. The van der Waals surface area contributed by atoms with Crippen molar-refractivity contribution in [3.05, 3.63) is 59.8 Å². The molecule has 2 atom stereocenters. The van der Waals surface area contributed by atoms with Crippen molar-refractivity contribution in [2.24, 2.45) is 0 Å². The third kappa shape index (κ3) is 4.08. The molecule has 0 saturated heterocycles. The van der Waals surface area contributed by atoms with Gasteiger partial charge in [-0.1, -0.05) is 18.2 Å². The molecule has 2 aromatic carbocycles. The molecule has 0 spiro atoms. The summed E-state index contributed by atoms with van der Waals surface area (Å²) < 4.78 is 12.2. The molecular formula is C25H29N3O2. The van der Waals surface area contributed by atoms with Crippen molar-refractivity contribution in [2.75, 3.05) is 25.0 Å². The average molecular weight is 404 g/mol. The van der Waals surface area contributed by atoms with Crippen LogP contribution in [0.3, 0.4) is 0 Å². The van der Waals surface area contributed by atoms with Crippen LogP contribution in [0.4, 0.5) is 5.69 Å². The lowest BCUT2D eigenvalue weighted by molar-refractivity contribution is 0.0925. The van der Waals surface area contributed by atoms with Crippen LogP contribution in [-0.4, -0.2) is 36.8 Å². The van der Waals surface area contributed by atoms with Crippen LogP contribution in [0.25, 0.3) is 10.9 Å². The summed E-state index contributed by atoms with van der Waals surface area (Å²) in [5.41, 5.74) is 4.71. The van der Waals surface area contributed by atoms with Crippen LogP contribution in [0.5, 0.6) is 11.5 Å². The molecule has 156 valence electrons. The fraction of sp³-hybridized carbons (Fsp3) is 0.400. The zero-order valence-corrected chi connectivity index (χ0v) is 17.5. The van der Waals surface area contributed by atoms with Gasteiger partial charge in [-0.2, -0.15) is 0 Å². The fourth-order valence-electron chi connectivity index (χ4n) is 4.43. The standard InChI is InChI=1S/C25H29N3O2/c1-17-8-11-21-23(27-17)12-13-24-25(21)30-20(16-29-24)15-26-14-4-6-19-10-9-18-5-2-3-7-22(18)28-19/h2-3,5,7-8,11-13,19-20,26,28H,4,6,9-10,14-16H2,1H3. The summed E-state index contributed by atoms with van der Waals surface area (Å²) in [5.74, 6) is 1.64. The number of rotatable bonds is 6. The van der Waals surface area contributed by atoms with Crippen LogP contribution in [0, 0.1) is 6.92 Å². The van der Waals surface area contributed by atoms with Crippen LogP contribution in [0.1, 0.15) is 30.5 Å². The number of aromatic nitrogens is 1. The van der Waals surface area contributed by atoms with Gasteiger partial charge in [0.1, 0.15) is 12.7 Å². The molecule has 5 nitrogen and oxygen atoms in total. The van der Waals surface area contributed by atoms with E-state index in [0.29, 0.717) is 12.6 Å². The van der Waals surface area contributed by atoms with Crippen molar-refractivity contribution in [3.8, 4) is 11.5 Å². The van der Waals surface area contributed by atoms with Crippen LogP contribution < -0.4 is 20.1 Å².